The molecule has 2 rings (SSSR count). The second-order valence-electron chi connectivity index (χ2n) is 5.19. The van der Waals surface area contributed by atoms with Crippen molar-refractivity contribution in [1.29, 1.82) is 0 Å². The van der Waals surface area contributed by atoms with Crippen LogP contribution in [0.1, 0.15) is 38.4 Å². The van der Waals surface area contributed by atoms with Crippen LogP contribution in [0.4, 0.5) is 0 Å². The summed E-state index contributed by atoms with van der Waals surface area (Å²) in [6.45, 7) is 8.98. The molecule has 2 atom stereocenters. The predicted octanol–water partition coefficient (Wildman–Crippen LogP) is 1.90. The standard InChI is InChI=1S/C14H26N4/c1-4-7-18-8-6-12(9-15-3)14(18)13-10-16-11-17(13)5-2/h10-12,14-15H,4-9H2,1-3H3. The fourth-order valence-electron chi connectivity index (χ4n) is 3.21. The van der Waals surface area contributed by atoms with Gasteiger partial charge < -0.3 is 9.88 Å². The average molecular weight is 250 g/mol. The van der Waals surface area contributed by atoms with Crippen LogP contribution in [-0.2, 0) is 6.54 Å². The summed E-state index contributed by atoms with van der Waals surface area (Å²) in [5.74, 6) is 0.712. The molecule has 0 amide bonds. The Kier molecular flexibility index (Phi) is 4.78. The second kappa shape index (κ2) is 6.34. The van der Waals surface area contributed by atoms with Gasteiger partial charge in [-0.3, -0.25) is 4.90 Å². The summed E-state index contributed by atoms with van der Waals surface area (Å²) in [5, 5.41) is 3.35. The van der Waals surface area contributed by atoms with Crippen LogP contribution in [0.5, 0.6) is 0 Å². The lowest BCUT2D eigenvalue weighted by molar-refractivity contribution is 0.218. The van der Waals surface area contributed by atoms with Crippen LogP contribution in [0.25, 0.3) is 0 Å². The largest absolute Gasteiger partial charge is 0.333 e. The Morgan fingerprint density at radius 3 is 2.94 bits per heavy atom. The van der Waals surface area contributed by atoms with Crippen LogP contribution < -0.4 is 5.32 Å². The molecule has 1 N–H and O–H groups in total. The molecular weight excluding hydrogens is 224 g/mol. The molecule has 4 nitrogen and oxygen atoms in total. The minimum Gasteiger partial charge on any atom is -0.333 e. The van der Waals surface area contributed by atoms with Gasteiger partial charge in [0.15, 0.2) is 0 Å². The van der Waals surface area contributed by atoms with Gasteiger partial charge in [-0.1, -0.05) is 6.92 Å². The van der Waals surface area contributed by atoms with E-state index in [0.29, 0.717) is 12.0 Å². The van der Waals surface area contributed by atoms with Gasteiger partial charge >= 0.3 is 0 Å². The Hall–Kier alpha value is -0.870. The van der Waals surface area contributed by atoms with Crippen LogP contribution in [0.2, 0.25) is 0 Å². The first-order chi connectivity index (χ1) is 8.81. The summed E-state index contributed by atoms with van der Waals surface area (Å²) >= 11 is 0. The molecule has 4 heteroatoms. The van der Waals surface area contributed by atoms with Crippen molar-refractivity contribution in [1.82, 2.24) is 19.8 Å². The van der Waals surface area contributed by atoms with E-state index in [2.05, 4.69) is 46.9 Å². The predicted molar refractivity (Wildman–Crippen MR) is 74.5 cm³/mol. The SMILES string of the molecule is CCCN1CCC(CNC)C1c1cncn1CC. The van der Waals surface area contributed by atoms with Crippen molar-refractivity contribution in [2.75, 3.05) is 26.7 Å². The maximum absolute atomic E-state index is 4.34. The minimum absolute atomic E-state index is 0.542. The third-order valence-corrected chi connectivity index (χ3v) is 3.99. The molecule has 1 aromatic rings. The van der Waals surface area contributed by atoms with Crippen LogP contribution >= 0.6 is 0 Å². The number of aryl methyl sites for hydroxylation is 1. The number of imidazole rings is 1. The van der Waals surface area contributed by atoms with E-state index in [-0.39, 0.29) is 0 Å². The van der Waals surface area contributed by atoms with Crippen molar-refractivity contribution >= 4 is 0 Å². The van der Waals surface area contributed by atoms with E-state index in [0.717, 1.165) is 13.1 Å². The van der Waals surface area contributed by atoms with Gasteiger partial charge in [-0.25, -0.2) is 4.98 Å². The van der Waals surface area contributed by atoms with Crippen LogP contribution in [0.15, 0.2) is 12.5 Å². The van der Waals surface area contributed by atoms with Crippen LogP contribution in [-0.4, -0.2) is 41.1 Å². The zero-order chi connectivity index (χ0) is 13.0. The summed E-state index contributed by atoms with van der Waals surface area (Å²) in [6.07, 6.45) is 6.54. The first-order valence-electron chi connectivity index (χ1n) is 7.20. The molecule has 0 spiro atoms. The van der Waals surface area contributed by atoms with Gasteiger partial charge in [0.2, 0.25) is 0 Å². The highest BCUT2D eigenvalue weighted by Crippen LogP contribution is 2.36. The van der Waals surface area contributed by atoms with Gasteiger partial charge in [-0.15, -0.1) is 0 Å². The topological polar surface area (TPSA) is 33.1 Å². The molecule has 0 radical (unpaired) electrons. The maximum atomic E-state index is 4.34. The maximum Gasteiger partial charge on any atom is 0.0948 e. The lowest BCUT2D eigenvalue weighted by atomic mass is 9.97. The number of likely N-dealkylation sites (tertiary alicyclic amines) is 1. The lowest BCUT2D eigenvalue weighted by Crippen LogP contribution is -2.31. The van der Waals surface area contributed by atoms with Crippen molar-refractivity contribution in [3.8, 4) is 0 Å². The highest BCUT2D eigenvalue weighted by molar-refractivity contribution is 5.10. The number of nitrogens with one attached hydrogen (secondary N) is 1. The molecule has 0 bridgehead atoms. The highest BCUT2D eigenvalue weighted by Gasteiger charge is 2.35. The van der Waals surface area contributed by atoms with E-state index in [1.165, 1.54) is 31.6 Å². The third kappa shape index (κ3) is 2.59. The first kappa shape index (κ1) is 13.6. The van der Waals surface area contributed by atoms with E-state index in [9.17, 15) is 0 Å². The van der Waals surface area contributed by atoms with Gasteiger partial charge in [0.1, 0.15) is 0 Å². The van der Waals surface area contributed by atoms with Gasteiger partial charge in [0.05, 0.1) is 18.1 Å². The van der Waals surface area contributed by atoms with Crippen molar-refractivity contribution in [2.45, 2.75) is 39.3 Å². The summed E-state index contributed by atoms with van der Waals surface area (Å²) in [5.41, 5.74) is 1.39. The van der Waals surface area contributed by atoms with E-state index >= 15 is 0 Å². The van der Waals surface area contributed by atoms with Crippen molar-refractivity contribution < 1.29 is 0 Å². The van der Waals surface area contributed by atoms with Gasteiger partial charge in [-0.05, 0) is 52.4 Å². The number of hydrogen-bond donors (Lipinski definition) is 1. The monoisotopic (exact) mass is 250 g/mol. The Balaban J connectivity index is 2.22. The quantitative estimate of drug-likeness (QED) is 0.837. The lowest BCUT2D eigenvalue weighted by Gasteiger charge is -2.28. The summed E-state index contributed by atoms with van der Waals surface area (Å²) in [4.78, 5) is 6.97. The molecule has 102 valence electrons. The van der Waals surface area contributed by atoms with E-state index < -0.39 is 0 Å². The second-order valence-corrected chi connectivity index (χ2v) is 5.19. The van der Waals surface area contributed by atoms with Gasteiger partial charge in [0.25, 0.3) is 0 Å². The fourth-order valence-corrected chi connectivity index (χ4v) is 3.21. The smallest absolute Gasteiger partial charge is 0.0948 e. The Morgan fingerprint density at radius 2 is 2.28 bits per heavy atom. The molecule has 2 heterocycles. The van der Waals surface area contributed by atoms with E-state index in [1.54, 1.807) is 0 Å². The van der Waals surface area contributed by atoms with Crippen LogP contribution in [0.3, 0.4) is 0 Å². The molecule has 1 aromatic heterocycles. The molecule has 1 aliphatic rings. The Morgan fingerprint density at radius 1 is 1.44 bits per heavy atom. The molecular formula is C14H26N4. The molecule has 0 aliphatic carbocycles. The molecule has 18 heavy (non-hydrogen) atoms. The van der Waals surface area contributed by atoms with E-state index in [4.69, 9.17) is 0 Å². The Labute approximate surface area is 110 Å². The van der Waals surface area contributed by atoms with Crippen molar-refractivity contribution in [2.24, 2.45) is 5.92 Å². The minimum atomic E-state index is 0.542. The number of aromatic nitrogens is 2. The molecule has 1 fully saturated rings. The van der Waals surface area contributed by atoms with Crippen LogP contribution in [0, 0.1) is 5.92 Å². The highest BCUT2D eigenvalue weighted by atomic mass is 15.2. The number of hydrogen-bond acceptors (Lipinski definition) is 3. The van der Waals surface area contributed by atoms with Gasteiger partial charge in [-0.2, -0.15) is 0 Å². The molecule has 2 unspecified atom stereocenters. The van der Waals surface area contributed by atoms with Crippen molar-refractivity contribution in [3.05, 3.63) is 18.2 Å². The zero-order valence-corrected chi connectivity index (χ0v) is 11.9. The Bertz CT molecular complexity index is 346. The molecule has 0 aromatic carbocycles. The fraction of sp³-hybridized carbons (Fsp3) is 0.786. The normalized spacial score (nSPS) is 24.8. The van der Waals surface area contributed by atoms with Gasteiger partial charge in [0, 0.05) is 12.7 Å². The first-order valence-corrected chi connectivity index (χ1v) is 7.20. The summed E-state index contributed by atoms with van der Waals surface area (Å²) < 4.78 is 2.29. The van der Waals surface area contributed by atoms with E-state index in [1.807, 2.05) is 6.33 Å². The number of nitrogens with zero attached hydrogens (tertiary/aromatic N) is 3. The number of rotatable bonds is 6. The molecule has 1 aliphatic heterocycles. The zero-order valence-electron chi connectivity index (χ0n) is 11.9. The summed E-state index contributed by atoms with van der Waals surface area (Å²) in [7, 11) is 2.05. The third-order valence-electron chi connectivity index (χ3n) is 3.99. The molecule has 0 saturated carbocycles. The molecule has 1 saturated heterocycles. The van der Waals surface area contributed by atoms with Crippen molar-refractivity contribution in [3.63, 3.8) is 0 Å². The average Bonchev–Trinajstić information content (AvgIpc) is 2.96. The summed E-state index contributed by atoms with van der Waals surface area (Å²) in [6, 6.07) is 0.542.